The number of aliphatic hydroxyl groups excluding tert-OH is 1. The van der Waals surface area contributed by atoms with E-state index in [0.29, 0.717) is 6.42 Å². The zero-order valence-electron chi connectivity index (χ0n) is 30.3. The molecule has 3 unspecified atom stereocenters. The van der Waals surface area contributed by atoms with Crippen LogP contribution in [0.15, 0.2) is 36.5 Å². The summed E-state index contributed by atoms with van der Waals surface area (Å²) in [5, 5.41) is 13.6. The van der Waals surface area contributed by atoms with Gasteiger partial charge in [0.15, 0.2) is 0 Å². The number of phosphoric ester groups is 1. The number of hydrogen-bond acceptors (Lipinski definition) is 6. The third-order valence-electron chi connectivity index (χ3n) is 8.17. The first kappa shape index (κ1) is 45.7. The van der Waals surface area contributed by atoms with E-state index in [1.54, 1.807) is 6.08 Å². The Labute approximate surface area is 289 Å². The van der Waals surface area contributed by atoms with Crippen molar-refractivity contribution >= 4 is 13.7 Å². The molecule has 9 heteroatoms. The Kier molecular flexibility index (Phi) is 33.6. The number of carbonyl (C=O) groups excluding carboxylic acids is 1. The molecule has 0 rings (SSSR count). The van der Waals surface area contributed by atoms with Crippen LogP contribution < -0.4 is 11.1 Å². The van der Waals surface area contributed by atoms with Crippen molar-refractivity contribution in [3.05, 3.63) is 36.5 Å². The Morgan fingerprint density at radius 2 is 1.17 bits per heavy atom. The van der Waals surface area contributed by atoms with Crippen LogP contribution in [0.3, 0.4) is 0 Å². The first-order chi connectivity index (χ1) is 22.9. The van der Waals surface area contributed by atoms with Crippen molar-refractivity contribution in [1.82, 2.24) is 5.32 Å². The fraction of sp³-hybridized carbons (Fsp3) is 0.816. The van der Waals surface area contributed by atoms with Crippen LogP contribution in [0.2, 0.25) is 0 Å². The van der Waals surface area contributed by atoms with Crippen molar-refractivity contribution in [3.63, 3.8) is 0 Å². The van der Waals surface area contributed by atoms with Crippen LogP contribution in [-0.4, -0.2) is 47.8 Å². The average molecular weight is 685 g/mol. The van der Waals surface area contributed by atoms with Crippen LogP contribution in [0.25, 0.3) is 0 Å². The van der Waals surface area contributed by atoms with Crippen LogP contribution in [0.1, 0.15) is 168 Å². The smallest absolute Gasteiger partial charge is 0.387 e. The molecule has 0 aromatic heterocycles. The van der Waals surface area contributed by atoms with Gasteiger partial charge in [-0.25, -0.2) is 4.57 Å². The Morgan fingerprint density at radius 3 is 1.72 bits per heavy atom. The zero-order chi connectivity index (χ0) is 34.7. The molecular formula is C38H73N2O6P. The maximum atomic E-state index is 12.6. The highest BCUT2D eigenvalue weighted by Crippen LogP contribution is 2.43. The fourth-order valence-corrected chi connectivity index (χ4v) is 6.03. The van der Waals surface area contributed by atoms with Gasteiger partial charge in [-0.3, -0.25) is 13.8 Å². The minimum absolute atomic E-state index is 0.0722. The molecule has 47 heavy (non-hydrogen) atoms. The summed E-state index contributed by atoms with van der Waals surface area (Å²) in [4.78, 5) is 22.5. The molecule has 0 aromatic carbocycles. The summed E-state index contributed by atoms with van der Waals surface area (Å²) >= 11 is 0. The second-order valence-corrected chi connectivity index (χ2v) is 14.2. The van der Waals surface area contributed by atoms with Gasteiger partial charge in [0.1, 0.15) is 0 Å². The predicted octanol–water partition coefficient (Wildman–Crippen LogP) is 10.00. The molecule has 5 N–H and O–H groups in total. The molecule has 0 aliphatic carbocycles. The Morgan fingerprint density at radius 1 is 0.681 bits per heavy atom. The molecule has 8 nitrogen and oxygen atoms in total. The van der Waals surface area contributed by atoms with Crippen LogP contribution in [-0.2, 0) is 18.4 Å². The van der Waals surface area contributed by atoms with E-state index in [4.69, 9.17) is 14.8 Å². The van der Waals surface area contributed by atoms with Crippen LogP contribution in [0, 0.1) is 0 Å². The Balaban J connectivity index is 4.33. The molecule has 0 aromatic rings. The summed E-state index contributed by atoms with van der Waals surface area (Å²) < 4.78 is 22.0. The number of nitrogens with one attached hydrogen (secondary N) is 1. The van der Waals surface area contributed by atoms with Crippen LogP contribution in [0.5, 0.6) is 0 Å². The van der Waals surface area contributed by atoms with Crippen molar-refractivity contribution in [3.8, 4) is 0 Å². The van der Waals surface area contributed by atoms with E-state index in [1.807, 2.05) is 6.08 Å². The summed E-state index contributed by atoms with van der Waals surface area (Å²) in [6.07, 6.45) is 39.1. The van der Waals surface area contributed by atoms with Gasteiger partial charge in [0.2, 0.25) is 5.91 Å². The third kappa shape index (κ3) is 33.0. The van der Waals surface area contributed by atoms with Gasteiger partial charge in [0.25, 0.3) is 0 Å². The van der Waals surface area contributed by atoms with Gasteiger partial charge in [-0.1, -0.05) is 147 Å². The fourth-order valence-electron chi connectivity index (χ4n) is 5.27. The number of allylic oxidation sites excluding steroid dienone is 5. The first-order valence-electron chi connectivity index (χ1n) is 19.1. The van der Waals surface area contributed by atoms with Gasteiger partial charge in [0, 0.05) is 13.0 Å². The molecular weight excluding hydrogens is 611 g/mol. The molecule has 0 bridgehead atoms. The molecule has 0 radical (unpaired) electrons. The SMILES string of the molecule is CCC/C=C\CCCCCCCC(=O)NC(COP(=O)(O)OCCN)C(O)/C=C/CC/C=C/CCCCCCCCCCCCCC. The van der Waals surface area contributed by atoms with Gasteiger partial charge in [0.05, 0.1) is 25.4 Å². The number of unbranched alkanes of at least 4 members (excludes halogenated alkanes) is 19. The standard InChI is InChI=1S/C38H73N2O6P/c1-3-5-7-9-11-13-15-16-17-18-19-20-21-22-23-25-27-29-31-37(41)36(35-46-47(43,44)45-34-33-39)40-38(42)32-30-28-26-24-14-12-10-8-6-4-2/h8,10,22-23,29,31,36-37,41H,3-7,9,11-21,24-28,30,32-35,39H2,1-2H3,(H,40,42)(H,43,44)/b10-8-,23-22+,31-29+. The van der Waals surface area contributed by atoms with Crippen LogP contribution in [0.4, 0.5) is 0 Å². The summed E-state index contributed by atoms with van der Waals surface area (Å²) in [7, 11) is -4.34. The van der Waals surface area contributed by atoms with Crippen molar-refractivity contribution in [2.75, 3.05) is 19.8 Å². The van der Waals surface area contributed by atoms with Gasteiger partial charge in [-0.15, -0.1) is 0 Å². The molecule has 0 saturated carbocycles. The van der Waals surface area contributed by atoms with E-state index in [-0.39, 0.29) is 25.7 Å². The molecule has 0 aliphatic rings. The first-order valence-corrected chi connectivity index (χ1v) is 20.6. The summed E-state index contributed by atoms with van der Waals surface area (Å²) in [6, 6.07) is -0.878. The van der Waals surface area contributed by atoms with Gasteiger partial charge in [-0.2, -0.15) is 0 Å². The lowest BCUT2D eigenvalue weighted by molar-refractivity contribution is -0.123. The van der Waals surface area contributed by atoms with Crippen molar-refractivity contribution < 1.29 is 28.4 Å². The minimum atomic E-state index is -4.34. The normalized spacial score (nSPS) is 14.7. The molecule has 276 valence electrons. The lowest BCUT2D eigenvalue weighted by Gasteiger charge is -2.23. The highest BCUT2D eigenvalue weighted by Gasteiger charge is 2.26. The highest BCUT2D eigenvalue weighted by atomic mass is 31.2. The van der Waals surface area contributed by atoms with E-state index >= 15 is 0 Å². The number of carbonyl (C=O) groups is 1. The monoisotopic (exact) mass is 685 g/mol. The molecule has 0 saturated heterocycles. The third-order valence-corrected chi connectivity index (χ3v) is 9.15. The minimum Gasteiger partial charge on any atom is -0.387 e. The number of hydrogen-bond donors (Lipinski definition) is 4. The largest absolute Gasteiger partial charge is 0.472 e. The summed E-state index contributed by atoms with van der Waals surface area (Å²) in [6.45, 7) is 4.03. The van der Waals surface area contributed by atoms with E-state index in [9.17, 15) is 19.4 Å². The number of amides is 1. The van der Waals surface area contributed by atoms with Crippen molar-refractivity contribution in [2.24, 2.45) is 5.73 Å². The van der Waals surface area contributed by atoms with Crippen molar-refractivity contribution in [1.29, 1.82) is 0 Å². The maximum Gasteiger partial charge on any atom is 0.472 e. The predicted molar refractivity (Wildman–Crippen MR) is 198 cm³/mol. The quantitative estimate of drug-likeness (QED) is 0.0297. The number of phosphoric acid groups is 1. The number of rotatable bonds is 35. The molecule has 0 heterocycles. The Bertz CT molecular complexity index is 835. The average Bonchev–Trinajstić information content (AvgIpc) is 3.05. The molecule has 1 amide bonds. The van der Waals surface area contributed by atoms with Gasteiger partial charge in [-0.05, 0) is 51.4 Å². The second-order valence-electron chi connectivity index (χ2n) is 12.8. The van der Waals surface area contributed by atoms with Gasteiger partial charge < -0.3 is 21.1 Å². The van der Waals surface area contributed by atoms with Crippen LogP contribution >= 0.6 is 7.82 Å². The molecule has 0 aliphatic heterocycles. The summed E-state index contributed by atoms with van der Waals surface area (Å²) in [5.74, 6) is -0.218. The topological polar surface area (TPSA) is 131 Å². The lowest BCUT2D eigenvalue weighted by atomic mass is 10.0. The highest BCUT2D eigenvalue weighted by molar-refractivity contribution is 7.47. The molecule has 0 fully saturated rings. The van der Waals surface area contributed by atoms with E-state index in [0.717, 1.165) is 64.2 Å². The number of nitrogens with two attached hydrogens (primary N) is 1. The molecule has 0 spiro atoms. The van der Waals surface area contributed by atoms with Gasteiger partial charge >= 0.3 is 7.82 Å². The van der Waals surface area contributed by atoms with E-state index in [2.05, 4.69) is 43.5 Å². The molecule has 3 atom stereocenters. The zero-order valence-corrected chi connectivity index (χ0v) is 31.2. The summed E-state index contributed by atoms with van der Waals surface area (Å²) in [5.41, 5.74) is 5.35. The second kappa shape index (κ2) is 34.6. The van der Waals surface area contributed by atoms with E-state index in [1.165, 1.54) is 83.5 Å². The van der Waals surface area contributed by atoms with E-state index < -0.39 is 20.0 Å². The lowest BCUT2D eigenvalue weighted by Crippen LogP contribution is -2.45. The Hall–Kier alpha value is -1.28. The van der Waals surface area contributed by atoms with Crippen molar-refractivity contribution in [2.45, 2.75) is 180 Å². The number of aliphatic hydroxyl groups is 1. The maximum absolute atomic E-state index is 12.6.